The Hall–Kier alpha value is -3.62. The quantitative estimate of drug-likeness (QED) is 0.279. The number of nitro benzene ring substituents is 1. The third-order valence-corrected chi connectivity index (χ3v) is 3.65. The van der Waals surface area contributed by atoms with Crippen molar-refractivity contribution in [3.05, 3.63) is 63.7 Å². The molecule has 2 rings (SSSR count). The first-order valence-corrected chi connectivity index (χ1v) is 8.09. The molecule has 0 heterocycles. The lowest BCUT2D eigenvalue weighted by Gasteiger charge is -2.09. The predicted octanol–water partition coefficient (Wildman–Crippen LogP) is 1.99. The molecule has 9 nitrogen and oxygen atoms in total. The van der Waals surface area contributed by atoms with Gasteiger partial charge in [-0.05, 0) is 30.7 Å². The number of carbonyl (C=O) groups excluding carboxylic acids is 2. The summed E-state index contributed by atoms with van der Waals surface area (Å²) in [6.07, 6.45) is 0. The highest BCUT2D eigenvalue weighted by molar-refractivity contribution is 5.94. The van der Waals surface area contributed by atoms with Crippen molar-refractivity contribution in [1.82, 2.24) is 5.32 Å². The van der Waals surface area contributed by atoms with E-state index in [2.05, 4.69) is 10.6 Å². The van der Waals surface area contributed by atoms with Gasteiger partial charge in [-0.1, -0.05) is 12.1 Å². The third-order valence-electron chi connectivity index (χ3n) is 3.65. The Bertz CT molecular complexity index is 835. The van der Waals surface area contributed by atoms with E-state index in [0.29, 0.717) is 17.8 Å². The van der Waals surface area contributed by atoms with E-state index >= 15 is 0 Å². The lowest BCUT2D eigenvalue weighted by molar-refractivity contribution is -0.384. The Morgan fingerprint density at radius 2 is 1.85 bits per heavy atom. The first-order chi connectivity index (χ1) is 12.9. The summed E-state index contributed by atoms with van der Waals surface area (Å²) in [6.45, 7) is 1.83. The molecule has 1 amide bonds. The van der Waals surface area contributed by atoms with Gasteiger partial charge in [-0.25, -0.2) is 4.79 Å². The van der Waals surface area contributed by atoms with Crippen molar-refractivity contribution in [2.75, 3.05) is 25.0 Å². The zero-order chi connectivity index (χ0) is 19.8. The van der Waals surface area contributed by atoms with Gasteiger partial charge >= 0.3 is 5.97 Å². The first kappa shape index (κ1) is 19.7. The molecule has 2 aromatic carbocycles. The number of anilines is 1. The highest BCUT2D eigenvalue weighted by Crippen LogP contribution is 2.22. The maximum atomic E-state index is 11.9. The minimum absolute atomic E-state index is 0.00244. The number of hydrogen-bond donors (Lipinski definition) is 3. The number of aryl methyl sites for hydroxylation is 1. The number of phenols is 1. The molecule has 27 heavy (non-hydrogen) atoms. The van der Waals surface area contributed by atoms with E-state index in [1.165, 1.54) is 18.2 Å². The fourth-order valence-corrected chi connectivity index (χ4v) is 2.19. The average molecular weight is 373 g/mol. The molecule has 0 saturated heterocycles. The number of nitrogens with zero attached hydrogens (tertiary/aromatic N) is 1. The Kier molecular flexibility index (Phi) is 6.70. The molecule has 0 saturated carbocycles. The molecule has 0 aliphatic heterocycles. The van der Waals surface area contributed by atoms with Crippen LogP contribution in [0.5, 0.6) is 5.75 Å². The molecule has 9 heteroatoms. The standard InChI is InChI=1S/C18H19N3O6/c1-12-3-2-4-15(17(12)23)18(24)27-11-16(22)20-10-9-19-13-5-7-14(8-6-13)21(25)26/h2-8,19,23H,9-11H2,1H3,(H,20,22). The summed E-state index contributed by atoms with van der Waals surface area (Å²) in [4.78, 5) is 33.7. The second kappa shape index (κ2) is 9.18. The lowest BCUT2D eigenvalue weighted by atomic mass is 10.1. The minimum atomic E-state index is -0.782. The highest BCUT2D eigenvalue weighted by atomic mass is 16.6. The Morgan fingerprint density at radius 3 is 2.52 bits per heavy atom. The smallest absolute Gasteiger partial charge is 0.342 e. The Morgan fingerprint density at radius 1 is 1.15 bits per heavy atom. The Balaban J connectivity index is 1.69. The molecular weight excluding hydrogens is 354 g/mol. The van der Waals surface area contributed by atoms with Gasteiger partial charge in [0, 0.05) is 30.9 Å². The van der Waals surface area contributed by atoms with Crippen molar-refractivity contribution in [1.29, 1.82) is 0 Å². The van der Waals surface area contributed by atoms with Crippen molar-refractivity contribution in [3.63, 3.8) is 0 Å². The number of phenolic OH excluding ortho intramolecular Hbond substituents is 1. The summed E-state index contributed by atoms with van der Waals surface area (Å²) in [6, 6.07) is 10.6. The van der Waals surface area contributed by atoms with Crippen LogP contribution >= 0.6 is 0 Å². The van der Waals surface area contributed by atoms with Gasteiger partial charge < -0.3 is 20.5 Å². The predicted molar refractivity (Wildman–Crippen MR) is 97.7 cm³/mol. The number of hydrogen-bond acceptors (Lipinski definition) is 7. The number of para-hydroxylation sites is 1. The van der Waals surface area contributed by atoms with Gasteiger partial charge in [0.25, 0.3) is 11.6 Å². The normalized spacial score (nSPS) is 10.1. The number of esters is 1. The molecule has 142 valence electrons. The van der Waals surface area contributed by atoms with Crippen LogP contribution in [0.3, 0.4) is 0 Å². The van der Waals surface area contributed by atoms with Crippen molar-refractivity contribution < 1.29 is 24.4 Å². The van der Waals surface area contributed by atoms with Gasteiger partial charge in [0.1, 0.15) is 11.3 Å². The van der Waals surface area contributed by atoms with Crippen LogP contribution in [0.2, 0.25) is 0 Å². The van der Waals surface area contributed by atoms with Crippen LogP contribution in [0.25, 0.3) is 0 Å². The Labute approximate surface area is 155 Å². The second-order valence-corrected chi connectivity index (χ2v) is 5.63. The van der Waals surface area contributed by atoms with Crippen molar-refractivity contribution in [2.24, 2.45) is 0 Å². The zero-order valence-electron chi connectivity index (χ0n) is 14.6. The number of nitro groups is 1. The van der Waals surface area contributed by atoms with Crippen LogP contribution < -0.4 is 10.6 Å². The van der Waals surface area contributed by atoms with E-state index in [-0.39, 0.29) is 23.5 Å². The monoisotopic (exact) mass is 373 g/mol. The molecule has 0 aromatic heterocycles. The van der Waals surface area contributed by atoms with E-state index < -0.39 is 23.4 Å². The maximum Gasteiger partial charge on any atom is 0.342 e. The molecule has 2 aromatic rings. The molecule has 0 bridgehead atoms. The van der Waals surface area contributed by atoms with Crippen LogP contribution in [0, 0.1) is 17.0 Å². The van der Waals surface area contributed by atoms with Gasteiger partial charge in [-0.3, -0.25) is 14.9 Å². The van der Waals surface area contributed by atoms with Crippen LogP contribution in [-0.4, -0.2) is 41.6 Å². The number of amides is 1. The molecule has 0 atom stereocenters. The van der Waals surface area contributed by atoms with Gasteiger partial charge in [0.05, 0.1) is 4.92 Å². The van der Waals surface area contributed by atoms with E-state index in [4.69, 9.17) is 4.74 Å². The SMILES string of the molecule is Cc1cccc(C(=O)OCC(=O)NCCNc2ccc([N+](=O)[O-])cc2)c1O. The number of aromatic hydroxyl groups is 1. The number of ether oxygens (including phenoxy) is 1. The van der Waals surface area contributed by atoms with Gasteiger partial charge in [-0.15, -0.1) is 0 Å². The molecule has 0 radical (unpaired) electrons. The fraction of sp³-hybridized carbons (Fsp3) is 0.222. The van der Waals surface area contributed by atoms with Crippen LogP contribution in [-0.2, 0) is 9.53 Å². The summed E-state index contributed by atoms with van der Waals surface area (Å²) in [7, 11) is 0. The maximum absolute atomic E-state index is 11.9. The molecule has 0 fully saturated rings. The number of non-ortho nitro benzene ring substituents is 1. The minimum Gasteiger partial charge on any atom is -0.507 e. The van der Waals surface area contributed by atoms with Crippen LogP contribution in [0.4, 0.5) is 11.4 Å². The summed E-state index contributed by atoms with van der Waals surface area (Å²) in [5, 5.41) is 25.9. The molecule has 3 N–H and O–H groups in total. The number of carbonyl (C=O) groups is 2. The van der Waals surface area contributed by atoms with Gasteiger partial charge in [0.2, 0.25) is 0 Å². The third kappa shape index (κ3) is 5.70. The molecule has 0 aliphatic carbocycles. The van der Waals surface area contributed by atoms with E-state index in [1.54, 1.807) is 31.2 Å². The average Bonchev–Trinajstić information content (AvgIpc) is 2.66. The molecule has 0 aliphatic rings. The van der Waals surface area contributed by atoms with E-state index in [0.717, 1.165) is 0 Å². The van der Waals surface area contributed by atoms with E-state index in [9.17, 15) is 24.8 Å². The van der Waals surface area contributed by atoms with Gasteiger partial charge in [-0.2, -0.15) is 0 Å². The van der Waals surface area contributed by atoms with Crippen molar-refractivity contribution in [3.8, 4) is 5.75 Å². The number of benzene rings is 2. The second-order valence-electron chi connectivity index (χ2n) is 5.63. The summed E-state index contributed by atoms with van der Waals surface area (Å²) >= 11 is 0. The van der Waals surface area contributed by atoms with Crippen molar-refractivity contribution >= 4 is 23.3 Å². The molecule has 0 spiro atoms. The van der Waals surface area contributed by atoms with Crippen LogP contribution in [0.15, 0.2) is 42.5 Å². The van der Waals surface area contributed by atoms with Crippen molar-refractivity contribution in [2.45, 2.75) is 6.92 Å². The summed E-state index contributed by atoms with van der Waals surface area (Å²) in [5.74, 6) is -1.44. The van der Waals surface area contributed by atoms with Gasteiger partial charge in [0.15, 0.2) is 6.61 Å². The molecule has 0 unspecified atom stereocenters. The lowest BCUT2D eigenvalue weighted by Crippen LogP contribution is -2.32. The number of rotatable bonds is 8. The van der Waals surface area contributed by atoms with E-state index in [1.807, 2.05) is 0 Å². The summed E-state index contributed by atoms with van der Waals surface area (Å²) in [5.41, 5.74) is 1.21. The largest absolute Gasteiger partial charge is 0.507 e. The topological polar surface area (TPSA) is 131 Å². The highest BCUT2D eigenvalue weighted by Gasteiger charge is 2.15. The number of nitrogens with one attached hydrogen (secondary N) is 2. The van der Waals surface area contributed by atoms with Crippen LogP contribution in [0.1, 0.15) is 15.9 Å². The first-order valence-electron chi connectivity index (χ1n) is 8.09. The summed E-state index contributed by atoms with van der Waals surface area (Å²) < 4.78 is 4.88. The molecular formula is C18H19N3O6. The fourth-order valence-electron chi connectivity index (χ4n) is 2.19. The zero-order valence-corrected chi connectivity index (χ0v) is 14.6.